The summed E-state index contributed by atoms with van der Waals surface area (Å²) in [5.41, 5.74) is 3.82. The van der Waals surface area contributed by atoms with E-state index in [4.69, 9.17) is 5.10 Å². The highest BCUT2D eigenvalue weighted by Crippen LogP contribution is 2.29. The van der Waals surface area contributed by atoms with E-state index in [0.717, 1.165) is 21.4 Å². The Balaban J connectivity index is 1.41. The monoisotopic (exact) mass is 478 g/mol. The van der Waals surface area contributed by atoms with E-state index >= 15 is 0 Å². The lowest BCUT2D eigenvalue weighted by molar-refractivity contribution is -0.113. The van der Waals surface area contributed by atoms with Crippen molar-refractivity contribution in [3.63, 3.8) is 0 Å². The number of para-hydroxylation sites is 1. The number of hydrogen-bond donors (Lipinski definition) is 2. The van der Waals surface area contributed by atoms with Gasteiger partial charge in [-0.3, -0.25) is 4.79 Å². The fourth-order valence-electron chi connectivity index (χ4n) is 2.99. The fourth-order valence-corrected chi connectivity index (χ4v) is 4.56. The maximum absolute atomic E-state index is 12.7. The lowest BCUT2D eigenvalue weighted by Gasteiger charge is -2.14. The van der Waals surface area contributed by atoms with Crippen LogP contribution < -0.4 is 10.6 Å². The number of carbonyl (C=O) groups is 1. The molecule has 0 fully saturated rings. The normalized spacial score (nSPS) is 11.4. The van der Waals surface area contributed by atoms with Crippen molar-refractivity contribution in [1.29, 1.82) is 0 Å². The molecule has 0 bridgehead atoms. The van der Waals surface area contributed by atoms with E-state index in [9.17, 15) is 4.79 Å². The van der Waals surface area contributed by atoms with Crippen molar-refractivity contribution in [2.24, 2.45) is 0 Å². The van der Waals surface area contributed by atoms with Crippen LogP contribution in [0.2, 0.25) is 0 Å². The molecule has 33 heavy (non-hydrogen) atoms. The molecule has 2 N–H and O–H groups in total. The van der Waals surface area contributed by atoms with Gasteiger partial charge in [-0.05, 0) is 31.2 Å². The number of amides is 1. The molecular weight excluding hydrogens is 452 g/mol. The van der Waals surface area contributed by atoms with Crippen molar-refractivity contribution in [3.05, 3.63) is 71.9 Å². The van der Waals surface area contributed by atoms with Crippen molar-refractivity contribution in [2.45, 2.75) is 37.4 Å². The predicted octanol–water partition coefficient (Wildman–Crippen LogP) is 5.80. The number of nitrogens with zero attached hydrogens (tertiary/aromatic N) is 4. The minimum absolute atomic E-state index is 0.124. The predicted molar refractivity (Wildman–Crippen MR) is 136 cm³/mol. The SMILES string of the molecule is Cc1ccc(Nc2nnc(SCC(=O)Nc3cc(C(C)(C)C)nn3-c3ccccc3)s2)cc1. The second-order valence-corrected chi connectivity index (χ2v) is 10.8. The van der Waals surface area contributed by atoms with Crippen molar-refractivity contribution in [3.8, 4) is 5.69 Å². The highest BCUT2D eigenvalue weighted by atomic mass is 32.2. The van der Waals surface area contributed by atoms with Gasteiger partial charge in [0.05, 0.1) is 17.1 Å². The number of rotatable bonds is 7. The van der Waals surface area contributed by atoms with E-state index in [-0.39, 0.29) is 17.1 Å². The minimum Gasteiger partial charge on any atom is -0.330 e. The van der Waals surface area contributed by atoms with Gasteiger partial charge in [0.2, 0.25) is 11.0 Å². The molecule has 4 aromatic rings. The van der Waals surface area contributed by atoms with Crippen LogP contribution in [-0.2, 0) is 10.2 Å². The van der Waals surface area contributed by atoms with E-state index in [1.165, 1.54) is 28.7 Å². The van der Waals surface area contributed by atoms with Gasteiger partial charge >= 0.3 is 0 Å². The third kappa shape index (κ3) is 6.00. The summed E-state index contributed by atoms with van der Waals surface area (Å²) < 4.78 is 2.50. The van der Waals surface area contributed by atoms with Crippen LogP contribution in [0.3, 0.4) is 0 Å². The first kappa shape index (κ1) is 23.0. The quantitative estimate of drug-likeness (QED) is 0.326. The zero-order chi connectivity index (χ0) is 23.4. The smallest absolute Gasteiger partial charge is 0.235 e. The molecule has 2 heterocycles. The number of aromatic nitrogens is 4. The van der Waals surface area contributed by atoms with Crippen LogP contribution in [0.1, 0.15) is 32.0 Å². The molecular formula is C24H26N6OS2. The van der Waals surface area contributed by atoms with Crippen LogP contribution in [0.15, 0.2) is 65.0 Å². The Morgan fingerprint density at radius 1 is 1.06 bits per heavy atom. The summed E-state index contributed by atoms with van der Waals surface area (Å²) in [6, 6.07) is 19.8. The third-order valence-electron chi connectivity index (χ3n) is 4.78. The van der Waals surface area contributed by atoms with E-state index in [2.05, 4.69) is 41.6 Å². The number of benzene rings is 2. The molecule has 0 saturated carbocycles. The standard InChI is InChI=1S/C24H26N6OS2/c1-16-10-12-17(13-11-16)25-22-27-28-23(33-22)32-15-21(31)26-20-14-19(24(2,3)4)29-30(20)18-8-6-5-7-9-18/h5-14H,15H2,1-4H3,(H,25,27)(H,26,31). The number of hydrogen-bond acceptors (Lipinski definition) is 7. The van der Waals surface area contributed by atoms with Gasteiger partial charge in [-0.1, -0.05) is 79.8 Å². The third-order valence-corrected chi connectivity index (χ3v) is 6.75. The summed E-state index contributed by atoms with van der Waals surface area (Å²) in [5.74, 6) is 0.751. The van der Waals surface area contributed by atoms with Crippen LogP contribution in [0.5, 0.6) is 0 Å². The molecule has 170 valence electrons. The van der Waals surface area contributed by atoms with Gasteiger partial charge in [0.1, 0.15) is 5.82 Å². The molecule has 0 radical (unpaired) electrons. The largest absolute Gasteiger partial charge is 0.330 e. The van der Waals surface area contributed by atoms with Crippen LogP contribution in [0, 0.1) is 6.92 Å². The summed E-state index contributed by atoms with van der Waals surface area (Å²) >= 11 is 2.78. The average molecular weight is 479 g/mol. The number of anilines is 3. The lowest BCUT2D eigenvalue weighted by Crippen LogP contribution is -2.16. The molecule has 0 aliphatic carbocycles. The molecule has 7 nitrogen and oxygen atoms in total. The van der Waals surface area contributed by atoms with Gasteiger partial charge < -0.3 is 10.6 Å². The van der Waals surface area contributed by atoms with Gasteiger partial charge in [-0.2, -0.15) is 5.10 Å². The van der Waals surface area contributed by atoms with Crippen molar-refractivity contribution >= 4 is 45.6 Å². The maximum Gasteiger partial charge on any atom is 0.235 e. The van der Waals surface area contributed by atoms with Gasteiger partial charge in [0.15, 0.2) is 4.34 Å². The van der Waals surface area contributed by atoms with Crippen LogP contribution in [-0.4, -0.2) is 31.6 Å². The molecule has 0 atom stereocenters. The van der Waals surface area contributed by atoms with E-state index in [1.54, 1.807) is 4.68 Å². The summed E-state index contributed by atoms with van der Waals surface area (Å²) in [6.45, 7) is 8.35. The maximum atomic E-state index is 12.7. The Hall–Kier alpha value is -3.17. The lowest BCUT2D eigenvalue weighted by atomic mass is 9.92. The molecule has 1 amide bonds. The zero-order valence-corrected chi connectivity index (χ0v) is 20.6. The molecule has 0 aliphatic rings. The summed E-state index contributed by atoms with van der Waals surface area (Å²) in [4.78, 5) is 12.7. The molecule has 2 aromatic carbocycles. The molecule has 4 rings (SSSR count). The van der Waals surface area contributed by atoms with Gasteiger partial charge in [0.25, 0.3) is 0 Å². The molecule has 0 saturated heterocycles. The zero-order valence-electron chi connectivity index (χ0n) is 19.0. The Bertz CT molecular complexity index is 1230. The Morgan fingerprint density at radius 2 is 1.79 bits per heavy atom. The minimum atomic E-state index is -0.137. The summed E-state index contributed by atoms with van der Waals surface area (Å²) in [7, 11) is 0. The molecule has 0 spiro atoms. The number of carbonyl (C=O) groups excluding carboxylic acids is 1. The van der Waals surface area contributed by atoms with Crippen LogP contribution >= 0.6 is 23.1 Å². The van der Waals surface area contributed by atoms with E-state index in [1.807, 2.05) is 67.6 Å². The number of thioether (sulfide) groups is 1. The molecule has 9 heteroatoms. The summed E-state index contributed by atoms with van der Waals surface area (Å²) in [5, 5.41) is 20.0. The average Bonchev–Trinajstić information content (AvgIpc) is 3.41. The van der Waals surface area contributed by atoms with Crippen molar-refractivity contribution in [1.82, 2.24) is 20.0 Å². The number of nitrogens with one attached hydrogen (secondary N) is 2. The topological polar surface area (TPSA) is 84.7 Å². The Morgan fingerprint density at radius 3 is 2.48 bits per heavy atom. The molecule has 0 unspecified atom stereocenters. The first-order valence-corrected chi connectivity index (χ1v) is 12.3. The first-order valence-electron chi connectivity index (χ1n) is 10.5. The van der Waals surface area contributed by atoms with Gasteiger partial charge in [-0.25, -0.2) is 4.68 Å². The number of aryl methyl sites for hydroxylation is 1. The van der Waals surface area contributed by atoms with Gasteiger partial charge in [-0.15, -0.1) is 10.2 Å². The van der Waals surface area contributed by atoms with Gasteiger partial charge in [0, 0.05) is 17.2 Å². The second-order valence-electron chi connectivity index (χ2n) is 8.61. The molecule has 0 aliphatic heterocycles. The van der Waals surface area contributed by atoms with E-state index in [0.29, 0.717) is 10.9 Å². The highest BCUT2D eigenvalue weighted by Gasteiger charge is 2.21. The van der Waals surface area contributed by atoms with Crippen LogP contribution in [0.4, 0.5) is 16.6 Å². The molecule has 2 aromatic heterocycles. The second kappa shape index (κ2) is 9.76. The highest BCUT2D eigenvalue weighted by molar-refractivity contribution is 8.01. The van der Waals surface area contributed by atoms with E-state index < -0.39 is 0 Å². The summed E-state index contributed by atoms with van der Waals surface area (Å²) in [6.07, 6.45) is 0. The Labute approximate surface area is 201 Å². The van der Waals surface area contributed by atoms with Crippen LogP contribution in [0.25, 0.3) is 5.69 Å². The Kier molecular flexibility index (Phi) is 6.80. The first-order chi connectivity index (χ1) is 15.8. The van der Waals surface area contributed by atoms with Crippen molar-refractivity contribution in [2.75, 3.05) is 16.4 Å². The fraction of sp³-hybridized carbons (Fsp3) is 0.250. The van der Waals surface area contributed by atoms with Crippen molar-refractivity contribution < 1.29 is 4.79 Å².